The van der Waals surface area contributed by atoms with Crippen LogP contribution in [-0.4, -0.2) is 5.04 Å². The maximum atomic E-state index is 5.81. The lowest BCUT2D eigenvalue weighted by Gasteiger charge is -2.06. The van der Waals surface area contributed by atoms with Crippen molar-refractivity contribution in [1.82, 2.24) is 0 Å². The van der Waals surface area contributed by atoms with E-state index < -0.39 is 0 Å². The number of hydrogen-bond donors (Lipinski definition) is 0. The predicted octanol–water partition coefficient (Wildman–Crippen LogP) is 2.69. The van der Waals surface area contributed by atoms with Gasteiger partial charge in [-0.3, -0.25) is 0 Å². The van der Waals surface area contributed by atoms with Crippen LogP contribution in [0.1, 0.15) is 11.1 Å². The normalized spacial score (nSPS) is 11.5. The second-order valence-corrected chi connectivity index (χ2v) is 4.49. The number of hydrogen-bond acceptors (Lipinski definition) is 2. The summed E-state index contributed by atoms with van der Waals surface area (Å²) >= 11 is 11.1. The first-order valence-corrected chi connectivity index (χ1v) is 5.93. The van der Waals surface area contributed by atoms with Crippen molar-refractivity contribution in [3.05, 3.63) is 64.9 Å². The molecule has 2 nitrogen and oxygen atoms in total. The minimum absolute atomic E-state index is 0.538. The van der Waals surface area contributed by atoms with Crippen molar-refractivity contribution in [1.29, 1.82) is 0 Å². The summed E-state index contributed by atoms with van der Waals surface area (Å²) in [5.41, 5.74) is 2.08. The number of rotatable bonds is 2. The summed E-state index contributed by atoms with van der Waals surface area (Å²) in [6.07, 6.45) is 3.75. The van der Waals surface area contributed by atoms with Gasteiger partial charge in [-0.15, -0.1) is 0 Å². The van der Waals surface area contributed by atoms with Gasteiger partial charge in [0.05, 0.1) is 0 Å². The molecule has 2 aromatic rings. The molecule has 0 saturated carbocycles. The second kappa shape index (κ2) is 5.25. The number of halogens is 1. The van der Waals surface area contributed by atoms with Gasteiger partial charge in [-0.05, 0) is 40.3 Å². The Hall–Kier alpha value is -1.45. The highest BCUT2D eigenvalue weighted by molar-refractivity contribution is 7.78. The van der Waals surface area contributed by atoms with Crippen LogP contribution in [0.5, 0.6) is 0 Å². The maximum Gasteiger partial charge on any atom is 0.202 e. The van der Waals surface area contributed by atoms with E-state index in [-0.39, 0.29) is 0 Å². The molecule has 0 radical (unpaired) electrons. The standard InChI is InChI=1S/C13H11ClN2S/c1-10-6-8-16(9-7-10)15-13(17)11-2-4-12(14)5-3-11/h2-9H,1H3. The molecule has 0 fully saturated rings. The molecule has 0 saturated heterocycles. The first-order chi connectivity index (χ1) is 8.15. The van der Waals surface area contributed by atoms with Crippen molar-refractivity contribution in [2.75, 3.05) is 0 Å². The molecule has 4 heteroatoms. The van der Waals surface area contributed by atoms with Crippen LogP contribution in [0.15, 0.2) is 53.9 Å². The van der Waals surface area contributed by atoms with Gasteiger partial charge in [0.25, 0.3) is 0 Å². The molecule has 1 heterocycles. The Bertz CT molecular complexity index is 532. The van der Waals surface area contributed by atoms with Crippen molar-refractivity contribution in [2.45, 2.75) is 6.92 Å². The molecule has 0 spiro atoms. The van der Waals surface area contributed by atoms with E-state index in [4.69, 9.17) is 24.2 Å². The molecule has 0 atom stereocenters. The van der Waals surface area contributed by atoms with Crippen LogP contribution in [0.2, 0.25) is 5.02 Å². The van der Waals surface area contributed by atoms with Gasteiger partial charge in [0, 0.05) is 17.2 Å². The number of pyridine rings is 1. The predicted molar refractivity (Wildman–Crippen MR) is 72.1 cm³/mol. The minimum atomic E-state index is 0.538. The average molecular weight is 263 g/mol. The molecule has 0 aliphatic rings. The third-order valence-electron chi connectivity index (χ3n) is 2.28. The van der Waals surface area contributed by atoms with Crippen LogP contribution in [0.3, 0.4) is 0 Å². The molecule has 1 aromatic heterocycles. The van der Waals surface area contributed by atoms with Crippen LogP contribution in [0.25, 0.3) is 0 Å². The first kappa shape index (κ1) is 12.0. The fourth-order valence-electron chi connectivity index (χ4n) is 1.31. The molecule has 0 aliphatic carbocycles. The van der Waals surface area contributed by atoms with E-state index >= 15 is 0 Å². The van der Waals surface area contributed by atoms with Crippen molar-refractivity contribution in [3.8, 4) is 0 Å². The third-order valence-corrected chi connectivity index (χ3v) is 2.85. The van der Waals surface area contributed by atoms with Gasteiger partial charge in [-0.25, -0.2) is 0 Å². The van der Waals surface area contributed by atoms with Gasteiger partial charge < -0.3 is 12.6 Å². The van der Waals surface area contributed by atoms with Crippen LogP contribution in [0.4, 0.5) is 0 Å². The van der Waals surface area contributed by atoms with E-state index in [0.29, 0.717) is 10.1 Å². The van der Waals surface area contributed by atoms with Crippen LogP contribution < -0.4 is 4.68 Å². The van der Waals surface area contributed by atoms with Crippen LogP contribution in [0, 0.1) is 6.92 Å². The van der Waals surface area contributed by atoms with Gasteiger partial charge in [-0.1, -0.05) is 28.4 Å². The summed E-state index contributed by atoms with van der Waals surface area (Å²) in [7, 11) is 0. The highest BCUT2D eigenvalue weighted by atomic mass is 35.5. The summed E-state index contributed by atoms with van der Waals surface area (Å²) < 4.78 is 1.70. The fraction of sp³-hybridized carbons (Fsp3) is 0.0769. The Morgan fingerprint density at radius 3 is 2.29 bits per heavy atom. The Morgan fingerprint density at radius 1 is 1.12 bits per heavy atom. The van der Waals surface area contributed by atoms with E-state index in [1.807, 2.05) is 43.6 Å². The summed E-state index contributed by atoms with van der Waals surface area (Å²) in [6, 6.07) is 11.3. The largest absolute Gasteiger partial charge is 0.754 e. The van der Waals surface area contributed by atoms with Crippen molar-refractivity contribution in [3.63, 3.8) is 0 Å². The van der Waals surface area contributed by atoms with Gasteiger partial charge in [-0.2, -0.15) is 0 Å². The van der Waals surface area contributed by atoms with E-state index in [1.54, 1.807) is 16.8 Å². The molecule has 17 heavy (non-hydrogen) atoms. The smallest absolute Gasteiger partial charge is 0.202 e. The SMILES string of the molecule is Cc1cc[n+](/N=C(/[S-])c2ccc(Cl)cc2)cc1. The zero-order valence-electron chi connectivity index (χ0n) is 9.30. The molecular formula is C13H11ClN2S. The molecule has 0 N–H and O–H groups in total. The highest BCUT2D eigenvalue weighted by Gasteiger charge is 1.97. The summed E-state index contributed by atoms with van der Waals surface area (Å²) in [6.45, 7) is 2.03. The number of benzene rings is 1. The van der Waals surface area contributed by atoms with Gasteiger partial charge >= 0.3 is 0 Å². The van der Waals surface area contributed by atoms with Gasteiger partial charge in [0.2, 0.25) is 12.4 Å². The Labute approximate surface area is 111 Å². The summed E-state index contributed by atoms with van der Waals surface area (Å²) in [5, 5.41) is 5.54. The van der Waals surface area contributed by atoms with Gasteiger partial charge in [0.15, 0.2) is 0 Å². The lowest BCUT2D eigenvalue weighted by Crippen LogP contribution is -2.28. The molecule has 86 valence electrons. The number of nitrogens with zero attached hydrogens (tertiary/aromatic N) is 2. The molecule has 0 bridgehead atoms. The van der Waals surface area contributed by atoms with Crippen molar-refractivity contribution in [2.24, 2.45) is 5.10 Å². The van der Waals surface area contributed by atoms with Crippen LogP contribution in [-0.2, 0) is 12.6 Å². The second-order valence-electron chi connectivity index (χ2n) is 3.67. The van der Waals surface area contributed by atoms with Crippen LogP contribution >= 0.6 is 11.6 Å². The van der Waals surface area contributed by atoms with E-state index in [1.165, 1.54) is 5.56 Å². The average Bonchev–Trinajstić information content (AvgIpc) is 2.33. The lowest BCUT2D eigenvalue weighted by atomic mass is 10.2. The summed E-state index contributed by atoms with van der Waals surface area (Å²) in [4.78, 5) is 0. The number of aromatic nitrogens is 1. The quantitative estimate of drug-likeness (QED) is 0.352. The molecule has 1 aromatic carbocycles. The molecule has 0 unspecified atom stereocenters. The van der Waals surface area contributed by atoms with Crippen molar-refractivity contribution >= 4 is 29.3 Å². The minimum Gasteiger partial charge on any atom is -0.754 e. The van der Waals surface area contributed by atoms with Gasteiger partial charge in [0.1, 0.15) is 0 Å². The number of aryl methyl sites for hydroxylation is 1. The zero-order chi connectivity index (χ0) is 12.3. The maximum absolute atomic E-state index is 5.81. The topological polar surface area (TPSA) is 16.2 Å². The molecule has 0 aliphatic heterocycles. The molecular weight excluding hydrogens is 252 g/mol. The lowest BCUT2D eigenvalue weighted by molar-refractivity contribution is -0.678. The molecule has 2 rings (SSSR count). The van der Waals surface area contributed by atoms with E-state index in [9.17, 15) is 0 Å². The Morgan fingerprint density at radius 2 is 1.71 bits per heavy atom. The van der Waals surface area contributed by atoms with Crippen molar-refractivity contribution < 1.29 is 4.68 Å². The fourth-order valence-corrected chi connectivity index (χ4v) is 1.67. The monoisotopic (exact) mass is 262 g/mol. The van der Waals surface area contributed by atoms with E-state index in [0.717, 1.165) is 5.56 Å². The first-order valence-electron chi connectivity index (χ1n) is 5.15. The highest BCUT2D eigenvalue weighted by Crippen LogP contribution is 2.09. The van der Waals surface area contributed by atoms with E-state index in [2.05, 4.69) is 5.10 Å². The summed E-state index contributed by atoms with van der Waals surface area (Å²) in [5.74, 6) is 0. The third kappa shape index (κ3) is 3.25. The Kier molecular flexibility index (Phi) is 3.71. The molecule has 0 amide bonds. The zero-order valence-corrected chi connectivity index (χ0v) is 10.9. The Balaban J connectivity index is 2.27.